The Hall–Kier alpha value is -5.19. The first-order valence-electron chi connectivity index (χ1n) is 16.2. The number of benzene rings is 4. The van der Waals surface area contributed by atoms with Crippen molar-refractivity contribution in [2.45, 2.75) is 44.8 Å². The van der Waals surface area contributed by atoms with Crippen LogP contribution in [0.1, 0.15) is 65.4 Å². The van der Waals surface area contributed by atoms with Crippen LogP contribution in [0.2, 0.25) is 0 Å². The molecule has 0 unspecified atom stereocenters. The number of allylic oxidation sites excluding steroid dienone is 1. The van der Waals surface area contributed by atoms with Crippen LogP contribution in [0.5, 0.6) is 40.2 Å². The van der Waals surface area contributed by atoms with E-state index >= 15 is 0 Å². The van der Waals surface area contributed by atoms with Crippen LogP contribution in [0.25, 0.3) is 0 Å². The summed E-state index contributed by atoms with van der Waals surface area (Å²) in [6.45, 7) is 2.53. The lowest BCUT2D eigenvalue weighted by molar-refractivity contribution is -0.0204. The SMILES string of the molecule is CCCOc1c(CC=CN(O)C(=O)c2cccc(Oc3ccccc3)c2)cc([C@@H]2CC[C@@H](c3cc(OC)c(OC)c(OC)c3)O2)cc1OC. The lowest BCUT2D eigenvalue weighted by Crippen LogP contribution is -2.21. The van der Waals surface area contributed by atoms with Gasteiger partial charge in [0.25, 0.3) is 5.91 Å². The third-order valence-corrected chi connectivity index (χ3v) is 8.13. The highest BCUT2D eigenvalue weighted by molar-refractivity contribution is 5.94. The molecule has 2 atom stereocenters. The van der Waals surface area contributed by atoms with Gasteiger partial charge >= 0.3 is 0 Å². The van der Waals surface area contributed by atoms with Crippen LogP contribution in [0.3, 0.4) is 0 Å². The maximum absolute atomic E-state index is 13.1. The summed E-state index contributed by atoms with van der Waals surface area (Å²) in [5.74, 6) is 3.40. The summed E-state index contributed by atoms with van der Waals surface area (Å²) >= 11 is 0. The second-order valence-corrected chi connectivity index (χ2v) is 11.4. The molecule has 49 heavy (non-hydrogen) atoms. The topological polar surface area (TPSA) is 105 Å². The van der Waals surface area contributed by atoms with Crippen molar-refractivity contribution in [3.63, 3.8) is 0 Å². The third kappa shape index (κ3) is 8.46. The van der Waals surface area contributed by atoms with Gasteiger partial charge in [-0.05, 0) is 91.4 Å². The van der Waals surface area contributed by atoms with Crippen LogP contribution in [0, 0.1) is 0 Å². The molecule has 0 bridgehead atoms. The number of para-hydroxylation sites is 1. The average molecular weight is 670 g/mol. The molecule has 1 aliphatic heterocycles. The molecule has 1 saturated heterocycles. The Kier molecular flexibility index (Phi) is 12.0. The van der Waals surface area contributed by atoms with Crippen molar-refractivity contribution in [2.75, 3.05) is 35.0 Å². The monoisotopic (exact) mass is 669 g/mol. The van der Waals surface area contributed by atoms with Gasteiger partial charge in [-0.25, -0.2) is 0 Å². The zero-order chi connectivity index (χ0) is 34.8. The van der Waals surface area contributed by atoms with Gasteiger partial charge in [0, 0.05) is 17.3 Å². The highest BCUT2D eigenvalue weighted by Crippen LogP contribution is 2.47. The number of carbonyl (C=O) groups excluding carboxylic acids is 1. The zero-order valence-electron chi connectivity index (χ0n) is 28.5. The maximum Gasteiger partial charge on any atom is 0.281 e. The Morgan fingerprint density at radius 1 is 0.796 bits per heavy atom. The van der Waals surface area contributed by atoms with Gasteiger partial charge in [0.05, 0.1) is 47.3 Å². The minimum Gasteiger partial charge on any atom is -0.493 e. The van der Waals surface area contributed by atoms with Gasteiger partial charge in [0.1, 0.15) is 11.5 Å². The summed E-state index contributed by atoms with van der Waals surface area (Å²) in [6, 6.07) is 23.8. The number of amides is 1. The predicted molar refractivity (Wildman–Crippen MR) is 184 cm³/mol. The van der Waals surface area contributed by atoms with E-state index in [1.165, 1.54) is 6.20 Å². The Morgan fingerprint density at radius 2 is 1.41 bits per heavy atom. The number of hydroxylamine groups is 2. The number of nitrogens with zero attached hydrogens (tertiary/aromatic N) is 1. The quantitative estimate of drug-likeness (QED) is 0.0986. The Bertz CT molecular complexity index is 1720. The Balaban J connectivity index is 1.33. The van der Waals surface area contributed by atoms with Gasteiger partial charge in [-0.1, -0.05) is 37.3 Å². The molecule has 1 amide bonds. The van der Waals surface area contributed by atoms with Crippen LogP contribution in [0.4, 0.5) is 0 Å². The summed E-state index contributed by atoms with van der Waals surface area (Å²) in [5.41, 5.74) is 2.97. The van der Waals surface area contributed by atoms with E-state index in [4.69, 9.17) is 33.2 Å². The normalized spacial score (nSPS) is 15.6. The highest BCUT2D eigenvalue weighted by Gasteiger charge is 2.31. The van der Waals surface area contributed by atoms with E-state index in [-0.39, 0.29) is 17.8 Å². The van der Waals surface area contributed by atoms with Crippen molar-refractivity contribution in [2.24, 2.45) is 0 Å². The third-order valence-electron chi connectivity index (χ3n) is 8.13. The number of hydrogen-bond acceptors (Lipinski definition) is 9. The predicted octanol–water partition coefficient (Wildman–Crippen LogP) is 8.48. The van der Waals surface area contributed by atoms with Crippen molar-refractivity contribution >= 4 is 5.91 Å². The van der Waals surface area contributed by atoms with E-state index in [0.717, 1.165) is 36.0 Å². The van der Waals surface area contributed by atoms with Crippen molar-refractivity contribution in [3.05, 3.63) is 113 Å². The molecule has 258 valence electrons. The molecule has 1 N–H and O–H groups in total. The summed E-state index contributed by atoms with van der Waals surface area (Å²) in [7, 11) is 6.37. The van der Waals surface area contributed by atoms with Crippen LogP contribution in [0.15, 0.2) is 91.1 Å². The first-order chi connectivity index (χ1) is 23.9. The second-order valence-electron chi connectivity index (χ2n) is 11.4. The Labute approximate surface area is 287 Å². The molecule has 0 saturated carbocycles. The van der Waals surface area contributed by atoms with E-state index in [1.807, 2.05) is 61.5 Å². The first kappa shape index (κ1) is 35.1. The van der Waals surface area contributed by atoms with Gasteiger partial charge in [0.2, 0.25) is 5.75 Å². The van der Waals surface area contributed by atoms with Crippen molar-refractivity contribution in [1.29, 1.82) is 0 Å². The first-order valence-corrected chi connectivity index (χ1v) is 16.2. The largest absolute Gasteiger partial charge is 0.493 e. The molecule has 0 spiro atoms. The van der Waals surface area contributed by atoms with E-state index in [2.05, 4.69) is 0 Å². The minimum atomic E-state index is -0.597. The molecule has 1 heterocycles. The van der Waals surface area contributed by atoms with Gasteiger partial charge in [-0.3, -0.25) is 10.0 Å². The smallest absolute Gasteiger partial charge is 0.281 e. The number of hydrogen-bond donors (Lipinski definition) is 1. The maximum atomic E-state index is 13.1. The molecule has 0 radical (unpaired) electrons. The minimum absolute atomic E-state index is 0.186. The summed E-state index contributed by atoms with van der Waals surface area (Å²) in [5, 5.41) is 11.2. The number of carbonyl (C=O) groups is 1. The molecule has 5 rings (SSSR count). The standard InChI is InChI=1S/C39H43NO9/c1-6-20-47-37-26(13-11-19-40(42)39(41)27-12-10-16-31(22-27)48-30-14-8-7-9-15-30)21-28(23-34(37)43-2)32-17-18-33(49-32)29-24-35(44-3)38(46-5)36(25-29)45-4/h7-12,14-16,19,21-25,32-33,42H,6,13,17-18,20H2,1-5H3/t32-,33-/m0/s1. The number of methoxy groups -OCH3 is 4. The van der Waals surface area contributed by atoms with Gasteiger partial charge in [-0.2, -0.15) is 5.06 Å². The average Bonchev–Trinajstić information content (AvgIpc) is 3.64. The van der Waals surface area contributed by atoms with E-state index in [1.54, 1.807) is 58.8 Å². The summed E-state index contributed by atoms with van der Waals surface area (Å²) in [4.78, 5) is 13.1. The second kappa shape index (κ2) is 16.8. The summed E-state index contributed by atoms with van der Waals surface area (Å²) in [6.07, 6.45) is 5.38. The molecule has 10 heteroatoms. The molecule has 0 aliphatic carbocycles. The van der Waals surface area contributed by atoms with Gasteiger partial charge in [-0.15, -0.1) is 0 Å². The van der Waals surface area contributed by atoms with Crippen LogP contribution >= 0.6 is 0 Å². The number of rotatable bonds is 15. The van der Waals surface area contributed by atoms with Gasteiger partial charge in [0.15, 0.2) is 23.0 Å². The molecular formula is C39H43NO9. The lowest BCUT2D eigenvalue weighted by Gasteiger charge is -2.20. The molecule has 0 aromatic heterocycles. The van der Waals surface area contributed by atoms with Crippen molar-refractivity contribution in [3.8, 4) is 40.2 Å². The van der Waals surface area contributed by atoms with Crippen LogP contribution in [-0.4, -0.2) is 51.2 Å². The molecular weight excluding hydrogens is 626 g/mol. The van der Waals surface area contributed by atoms with Crippen LogP contribution in [-0.2, 0) is 11.2 Å². The van der Waals surface area contributed by atoms with E-state index in [9.17, 15) is 10.0 Å². The van der Waals surface area contributed by atoms with Crippen molar-refractivity contribution < 1.29 is 43.2 Å². The van der Waals surface area contributed by atoms with Crippen molar-refractivity contribution in [1.82, 2.24) is 5.06 Å². The van der Waals surface area contributed by atoms with Gasteiger partial charge < -0.3 is 33.2 Å². The zero-order valence-corrected chi connectivity index (χ0v) is 28.5. The highest BCUT2D eigenvalue weighted by atomic mass is 16.5. The fourth-order valence-corrected chi connectivity index (χ4v) is 5.75. The molecule has 4 aromatic carbocycles. The van der Waals surface area contributed by atoms with E-state index in [0.29, 0.717) is 58.3 Å². The molecule has 4 aromatic rings. The fourth-order valence-electron chi connectivity index (χ4n) is 5.75. The Morgan fingerprint density at radius 3 is 2.02 bits per heavy atom. The van der Waals surface area contributed by atoms with E-state index < -0.39 is 5.91 Å². The molecule has 1 fully saturated rings. The lowest BCUT2D eigenvalue weighted by atomic mass is 9.99. The fraction of sp³-hybridized carbons (Fsp3) is 0.308. The summed E-state index contributed by atoms with van der Waals surface area (Å²) < 4.78 is 40.9. The molecule has 1 aliphatic rings. The van der Waals surface area contributed by atoms with Crippen LogP contribution < -0.4 is 28.4 Å². The number of ether oxygens (including phenoxy) is 7. The molecule has 10 nitrogen and oxygen atoms in total.